The number of hydrogen-bond acceptors (Lipinski definition) is 9. The molecule has 1 aliphatic carbocycles. The van der Waals surface area contributed by atoms with Crippen molar-refractivity contribution in [3.05, 3.63) is 75.2 Å². The summed E-state index contributed by atoms with van der Waals surface area (Å²) in [5.41, 5.74) is 0.563. The smallest absolute Gasteiger partial charge is 0.387 e. The Morgan fingerprint density at radius 2 is 1.68 bits per heavy atom. The number of ether oxygens (including phenoxy) is 5. The normalized spacial score (nSPS) is 13.7. The first-order chi connectivity index (χ1) is 20.9. The molecule has 1 heterocycles. The molecule has 0 amide bonds. The Labute approximate surface area is 262 Å². The van der Waals surface area contributed by atoms with E-state index in [2.05, 4.69) is 9.46 Å². The van der Waals surface area contributed by atoms with Crippen molar-refractivity contribution in [2.45, 2.75) is 32.0 Å². The molecule has 0 spiro atoms. The van der Waals surface area contributed by atoms with E-state index in [0.29, 0.717) is 10.5 Å². The summed E-state index contributed by atoms with van der Waals surface area (Å²) in [4.78, 5) is 13.0. The van der Waals surface area contributed by atoms with E-state index in [1.54, 1.807) is 0 Å². The number of hydrogen-bond donors (Lipinski definition) is 1. The van der Waals surface area contributed by atoms with Crippen LogP contribution in [-0.4, -0.2) is 47.6 Å². The molecule has 1 aromatic heterocycles. The Morgan fingerprint density at radius 3 is 2.30 bits per heavy atom. The number of pyridine rings is 1. The highest BCUT2D eigenvalue weighted by Gasteiger charge is 2.28. The van der Waals surface area contributed by atoms with Crippen LogP contribution in [0.25, 0.3) is 0 Å². The highest BCUT2D eigenvalue weighted by atomic mass is 35.5. The van der Waals surface area contributed by atoms with Crippen LogP contribution in [0, 0.1) is 11.1 Å². The van der Waals surface area contributed by atoms with Gasteiger partial charge in [0.05, 0.1) is 26.5 Å². The zero-order valence-electron chi connectivity index (χ0n) is 23.4. The second kappa shape index (κ2) is 14.4. The fourth-order valence-corrected chi connectivity index (χ4v) is 5.66. The number of carbonyl (C=O) groups excluding carboxylic acids is 1. The number of alkyl halides is 2. The molecular weight excluding hydrogens is 649 g/mol. The van der Waals surface area contributed by atoms with Gasteiger partial charge in [0.15, 0.2) is 41.1 Å². The van der Waals surface area contributed by atoms with Crippen molar-refractivity contribution in [1.29, 1.82) is 0 Å². The van der Waals surface area contributed by atoms with Crippen LogP contribution < -0.4 is 28.4 Å². The second-order valence-corrected chi connectivity index (χ2v) is 12.3. The maximum atomic E-state index is 13.1. The van der Waals surface area contributed by atoms with Crippen molar-refractivity contribution in [2.24, 2.45) is 5.92 Å². The van der Waals surface area contributed by atoms with Gasteiger partial charge >= 0.3 is 12.6 Å². The molecule has 3 aromatic rings. The van der Waals surface area contributed by atoms with Crippen LogP contribution >= 0.6 is 23.2 Å². The predicted octanol–water partition coefficient (Wildman–Crippen LogP) is 5.30. The number of aromatic nitrogens is 1. The number of esters is 1. The van der Waals surface area contributed by atoms with Gasteiger partial charge in [-0.15, -0.1) is 0 Å². The van der Waals surface area contributed by atoms with Gasteiger partial charge < -0.3 is 28.9 Å². The molecule has 44 heavy (non-hydrogen) atoms. The topological polar surface area (TPSA) is 136 Å². The van der Waals surface area contributed by atoms with E-state index in [1.165, 1.54) is 50.6 Å². The number of rotatable bonds is 15. The third kappa shape index (κ3) is 9.13. The van der Waals surface area contributed by atoms with Gasteiger partial charge in [0, 0.05) is 18.1 Å². The number of nitrogens with zero attached hydrogens (tertiary/aromatic N) is 1. The predicted molar refractivity (Wildman–Crippen MR) is 156 cm³/mol. The Kier molecular flexibility index (Phi) is 10.8. The first-order valence-electron chi connectivity index (χ1n) is 13.1. The largest absolute Gasteiger partial charge is 0.619 e. The lowest BCUT2D eigenvalue weighted by Gasteiger charge is -2.21. The number of carbonyl (C=O) groups is 1. The summed E-state index contributed by atoms with van der Waals surface area (Å²) in [5, 5.41) is 11.7. The van der Waals surface area contributed by atoms with Gasteiger partial charge in [0.1, 0.15) is 16.1 Å². The molecule has 0 saturated heterocycles. The number of anilines is 1. The number of sulfonamides is 1. The minimum absolute atomic E-state index is 0.0267. The molecule has 1 fully saturated rings. The summed E-state index contributed by atoms with van der Waals surface area (Å²) < 4.78 is 80.8. The third-order valence-corrected chi connectivity index (χ3v) is 8.23. The maximum absolute atomic E-state index is 13.1. The number of benzene rings is 2. The van der Waals surface area contributed by atoms with E-state index in [-0.39, 0.29) is 63.1 Å². The van der Waals surface area contributed by atoms with E-state index in [9.17, 15) is 27.2 Å². The van der Waals surface area contributed by atoms with Crippen molar-refractivity contribution < 1.29 is 50.4 Å². The fourth-order valence-electron chi connectivity index (χ4n) is 4.12. The molecule has 11 nitrogen and oxygen atoms in total. The Balaban J connectivity index is 1.60. The van der Waals surface area contributed by atoms with Gasteiger partial charge in [-0.05, 0) is 48.6 Å². The third-order valence-electron chi connectivity index (χ3n) is 6.41. The van der Waals surface area contributed by atoms with E-state index < -0.39 is 34.5 Å². The average Bonchev–Trinajstić information content (AvgIpc) is 3.77. The molecule has 0 bridgehead atoms. The summed E-state index contributed by atoms with van der Waals surface area (Å²) >= 11 is 12.5. The van der Waals surface area contributed by atoms with Crippen LogP contribution in [0.1, 0.15) is 30.1 Å². The maximum Gasteiger partial charge on any atom is 0.387 e. The average molecular weight is 678 g/mol. The van der Waals surface area contributed by atoms with Crippen LogP contribution in [0.15, 0.2) is 48.8 Å². The number of halogens is 4. The van der Waals surface area contributed by atoms with Gasteiger partial charge in [-0.1, -0.05) is 29.3 Å². The summed E-state index contributed by atoms with van der Waals surface area (Å²) in [6.07, 6.45) is 2.51. The summed E-state index contributed by atoms with van der Waals surface area (Å²) in [6.45, 7) is -2.87. The van der Waals surface area contributed by atoms with E-state index in [0.717, 1.165) is 25.2 Å². The molecule has 1 atom stereocenters. The van der Waals surface area contributed by atoms with Crippen molar-refractivity contribution in [3.8, 4) is 23.0 Å². The van der Waals surface area contributed by atoms with Gasteiger partial charge in [-0.2, -0.15) is 13.5 Å². The van der Waals surface area contributed by atoms with E-state index >= 15 is 0 Å². The molecule has 1 unspecified atom stereocenters. The number of nitrogens with one attached hydrogen (secondary N) is 1. The molecule has 1 saturated carbocycles. The lowest BCUT2D eigenvalue weighted by atomic mass is 10.0. The minimum atomic E-state index is -4.29. The molecule has 16 heteroatoms. The van der Waals surface area contributed by atoms with Gasteiger partial charge in [0.25, 0.3) is 0 Å². The SMILES string of the molecule is COc1ccc(NS(=O)(=O)CC(=O)OC(Cc2c(Cl)c[n+]([O-])cc2Cl)c2ccc(OC(F)F)c(OCC3CC3)c2)cc1OC. The standard InChI is InChI=1S/C28H28Cl2F2N2O9S/c1-39-22-8-6-18(10-25(22)40-2)33-44(37,38)15-27(35)42-24(11-19-20(29)12-34(36)13-21(19)30)17-5-7-23(43-28(31)32)26(9-17)41-14-16-3-4-16/h5-10,12-13,16,24,28,33H,3-4,11,14-15H2,1-2H3. The van der Waals surface area contributed by atoms with Crippen LogP contribution in [0.2, 0.25) is 10.0 Å². The molecule has 0 radical (unpaired) electrons. The fraction of sp³-hybridized carbons (Fsp3) is 0.357. The quantitative estimate of drug-likeness (QED) is 0.129. The van der Waals surface area contributed by atoms with Crippen molar-refractivity contribution in [2.75, 3.05) is 31.3 Å². The van der Waals surface area contributed by atoms with Crippen LogP contribution in [0.5, 0.6) is 23.0 Å². The molecule has 4 rings (SSSR count). The van der Waals surface area contributed by atoms with Crippen molar-refractivity contribution in [3.63, 3.8) is 0 Å². The van der Waals surface area contributed by atoms with Gasteiger partial charge in [-0.3, -0.25) is 9.52 Å². The molecule has 238 valence electrons. The lowest BCUT2D eigenvalue weighted by molar-refractivity contribution is -0.605. The Morgan fingerprint density at radius 1 is 1.02 bits per heavy atom. The monoisotopic (exact) mass is 676 g/mol. The highest BCUT2D eigenvalue weighted by molar-refractivity contribution is 7.93. The summed E-state index contributed by atoms with van der Waals surface area (Å²) in [6, 6.07) is 8.20. The van der Waals surface area contributed by atoms with Crippen LogP contribution in [-0.2, 0) is 26.0 Å². The molecule has 1 N–H and O–H groups in total. The highest BCUT2D eigenvalue weighted by Crippen LogP contribution is 2.38. The molecule has 1 aliphatic rings. The van der Waals surface area contributed by atoms with E-state index in [1.807, 2.05) is 0 Å². The Hall–Kier alpha value is -3.75. The summed E-state index contributed by atoms with van der Waals surface area (Å²) in [7, 11) is -1.49. The lowest BCUT2D eigenvalue weighted by Crippen LogP contribution is -2.27. The van der Waals surface area contributed by atoms with E-state index in [4.69, 9.17) is 42.1 Å². The molecule has 0 aliphatic heterocycles. The first-order valence-corrected chi connectivity index (χ1v) is 15.5. The molecule has 2 aromatic carbocycles. The number of methoxy groups -OCH3 is 2. The Bertz CT molecular complexity index is 1580. The van der Waals surface area contributed by atoms with Crippen LogP contribution in [0.3, 0.4) is 0 Å². The first kappa shape index (κ1) is 33.1. The van der Waals surface area contributed by atoms with Gasteiger partial charge in [-0.25, -0.2) is 8.42 Å². The van der Waals surface area contributed by atoms with Gasteiger partial charge in [0.2, 0.25) is 10.0 Å². The summed E-state index contributed by atoms with van der Waals surface area (Å²) in [5.74, 6) is -1.62. The van der Waals surface area contributed by atoms with Crippen molar-refractivity contribution >= 4 is 44.9 Å². The zero-order valence-corrected chi connectivity index (χ0v) is 25.8. The molecular formula is C28H28Cl2F2N2O9S. The van der Waals surface area contributed by atoms with Crippen molar-refractivity contribution in [1.82, 2.24) is 0 Å². The van der Waals surface area contributed by atoms with Crippen LogP contribution in [0.4, 0.5) is 14.5 Å². The second-order valence-electron chi connectivity index (χ2n) is 9.75. The zero-order chi connectivity index (χ0) is 32.0. The minimum Gasteiger partial charge on any atom is -0.619 e.